The number of fused-ring (bicyclic) bond motifs is 1. The van der Waals surface area contributed by atoms with E-state index in [9.17, 15) is 18.0 Å². The van der Waals surface area contributed by atoms with E-state index >= 15 is 0 Å². The summed E-state index contributed by atoms with van der Waals surface area (Å²) in [6, 6.07) is 5.37. The molecule has 1 fully saturated rings. The molecule has 1 atom stereocenters. The maximum atomic E-state index is 12.5. The minimum atomic E-state index is -3.93. The Hall–Kier alpha value is -2.64. The summed E-state index contributed by atoms with van der Waals surface area (Å²) < 4.78 is 32.6. The van der Waals surface area contributed by atoms with Gasteiger partial charge in [-0.1, -0.05) is 24.2 Å². The van der Waals surface area contributed by atoms with Gasteiger partial charge >= 0.3 is 0 Å². The van der Waals surface area contributed by atoms with Crippen molar-refractivity contribution in [3.05, 3.63) is 23.0 Å². The molecule has 2 aromatic rings. The second-order valence-corrected chi connectivity index (χ2v) is 10.7. The quantitative estimate of drug-likeness (QED) is 0.604. The number of carbonyl (C=O) groups excluding carboxylic acids is 2. The van der Waals surface area contributed by atoms with E-state index in [4.69, 9.17) is 11.2 Å². The summed E-state index contributed by atoms with van der Waals surface area (Å²) in [5, 5.41) is 0. The SMILES string of the molecule is C#CCn1c(=NC(=O)CS(=O)(=O)CC(=O)N2CCCC(C)C2)sc2cc(OC)ccc21. The van der Waals surface area contributed by atoms with Gasteiger partial charge in [0.25, 0.3) is 5.91 Å². The Bertz CT molecular complexity index is 1200. The van der Waals surface area contributed by atoms with Crippen LogP contribution < -0.4 is 9.54 Å². The number of terminal acetylenes is 1. The molecule has 0 bridgehead atoms. The molecule has 8 nitrogen and oxygen atoms in total. The van der Waals surface area contributed by atoms with Gasteiger partial charge in [-0.3, -0.25) is 9.59 Å². The number of methoxy groups -OCH3 is 1. The van der Waals surface area contributed by atoms with Crippen LogP contribution in [0.2, 0.25) is 0 Å². The molecule has 1 aliphatic heterocycles. The van der Waals surface area contributed by atoms with Crippen molar-refractivity contribution in [2.24, 2.45) is 10.9 Å². The maximum absolute atomic E-state index is 12.5. The number of benzene rings is 1. The first-order valence-electron chi connectivity index (χ1n) is 9.89. The second kappa shape index (κ2) is 9.66. The summed E-state index contributed by atoms with van der Waals surface area (Å²) >= 11 is 1.21. The number of aromatic nitrogens is 1. The first kappa shape index (κ1) is 23.0. The van der Waals surface area contributed by atoms with Gasteiger partial charge in [-0.15, -0.1) is 6.42 Å². The van der Waals surface area contributed by atoms with Gasteiger partial charge in [-0.2, -0.15) is 4.99 Å². The Morgan fingerprint density at radius 3 is 2.81 bits per heavy atom. The minimum absolute atomic E-state index is 0.177. The molecule has 0 N–H and O–H groups in total. The molecule has 10 heteroatoms. The van der Waals surface area contributed by atoms with Crippen LogP contribution in [0.15, 0.2) is 23.2 Å². The summed E-state index contributed by atoms with van der Waals surface area (Å²) in [6.45, 7) is 3.30. The van der Waals surface area contributed by atoms with Crippen molar-refractivity contribution in [2.45, 2.75) is 26.3 Å². The number of hydrogen-bond donors (Lipinski definition) is 0. The fourth-order valence-corrected chi connectivity index (χ4v) is 5.76. The van der Waals surface area contributed by atoms with Gasteiger partial charge in [0, 0.05) is 13.1 Å². The molecule has 0 saturated carbocycles. The largest absolute Gasteiger partial charge is 0.497 e. The van der Waals surface area contributed by atoms with Crippen LogP contribution in [0.25, 0.3) is 10.2 Å². The van der Waals surface area contributed by atoms with Crippen molar-refractivity contribution in [1.82, 2.24) is 9.47 Å². The molecule has 3 rings (SSSR count). The normalized spacial score (nSPS) is 17.5. The average Bonchev–Trinajstić information content (AvgIpc) is 3.03. The highest BCUT2D eigenvalue weighted by atomic mass is 32.2. The fourth-order valence-electron chi connectivity index (χ4n) is 3.58. The molecule has 0 spiro atoms. The van der Waals surface area contributed by atoms with Gasteiger partial charge in [0.05, 0.1) is 23.9 Å². The summed E-state index contributed by atoms with van der Waals surface area (Å²) in [7, 11) is -2.38. The number of thiazole rings is 1. The van der Waals surface area contributed by atoms with E-state index in [0.29, 0.717) is 29.6 Å². The summed E-state index contributed by atoms with van der Waals surface area (Å²) in [6.07, 6.45) is 7.32. The molecule has 2 heterocycles. The minimum Gasteiger partial charge on any atom is -0.497 e. The average molecular weight is 464 g/mol. The zero-order valence-corrected chi connectivity index (χ0v) is 19.2. The number of piperidine rings is 1. The summed E-state index contributed by atoms with van der Waals surface area (Å²) in [5.41, 5.74) is 0.771. The zero-order chi connectivity index (χ0) is 22.6. The Morgan fingerprint density at radius 1 is 1.35 bits per heavy atom. The smallest absolute Gasteiger partial charge is 0.263 e. The highest BCUT2D eigenvalue weighted by Crippen LogP contribution is 2.23. The van der Waals surface area contributed by atoms with Gasteiger partial charge < -0.3 is 14.2 Å². The van der Waals surface area contributed by atoms with E-state index in [0.717, 1.165) is 23.1 Å². The summed E-state index contributed by atoms with van der Waals surface area (Å²) in [4.78, 5) is 30.7. The van der Waals surface area contributed by atoms with Crippen LogP contribution >= 0.6 is 11.3 Å². The topological polar surface area (TPSA) is 98.0 Å². The molecule has 31 heavy (non-hydrogen) atoms. The predicted molar refractivity (Wildman–Crippen MR) is 119 cm³/mol. The lowest BCUT2D eigenvalue weighted by molar-refractivity contribution is -0.130. The number of sulfone groups is 1. The van der Waals surface area contributed by atoms with E-state index in [2.05, 4.69) is 10.9 Å². The monoisotopic (exact) mass is 463 g/mol. The van der Waals surface area contributed by atoms with Crippen LogP contribution in [0, 0.1) is 18.3 Å². The predicted octanol–water partition coefficient (Wildman–Crippen LogP) is 1.45. The second-order valence-electron chi connectivity index (χ2n) is 7.63. The van der Waals surface area contributed by atoms with Gasteiger partial charge in [-0.25, -0.2) is 8.42 Å². The Morgan fingerprint density at radius 2 is 2.13 bits per heavy atom. The summed E-state index contributed by atoms with van der Waals surface area (Å²) in [5.74, 6) is 0.705. The van der Waals surface area contributed by atoms with Gasteiger partial charge in [-0.05, 0) is 37.0 Å². The molecule has 1 unspecified atom stereocenters. The van der Waals surface area contributed by atoms with Gasteiger partial charge in [0.1, 0.15) is 17.3 Å². The number of hydrogen-bond acceptors (Lipinski definition) is 6. The lowest BCUT2D eigenvalue weighted by Crippen LogP contribution is -2.42. The van der Waals surface area contributed by atoms with Crippen LogP contribution in [0.5, 0.6) is 5.75 Å². The number of nitrogens with zero attached hydrogens (tertiary/aromatic N) is 3. The van der Waals surface area contributed by atoms with Crippen molar-refractivity contribution in [3.8, 4) is 18.1 Å². The fraction of sp³-hybridized carbons (Fsp3) is 0.476. The number of ether oxygens (including phenoxy) is 1. The lowest BCUT2D eigenvalue weighted by atomic mass is 10.0. The maximum Gasteiger partial charge on any atom is 0.263 e. The Balaban J connectivity index is 1.79. The van der Waals surface area contributed by atoms with Gasteiger partial charge in [0.2, 0.25) is 5.91 Å². The molecule has 1 aromatic carbocycles. The van der Waals surface area contributed by atoms with Gasteiger partial charge in [0.15, 0.2) is 14.6 Å². The molecular formula is C21H25N3O5S2. The van der Waals surface area contributed by atoms with Crippen molar-refractivity contribution in [3.63, 3.8) is 0 Å². The van der Waals surface area contributed by atoms with E-state index in [1.165, 1.54) is 11.3 Å². The van der Waals surface area contributed by atoms with Crippen molar-refractivity contribution >= 4 is 43.2 Å². The molecule has 2 amide bonds. The third-order valence-electron chi connectivity index (χ3n) is 5.06. The molecule has 0 radical (unpaired) electrons. The number of amides is 2. The first-order valence-corrected chi connectivity index (χ1v) is 12.5. The van der Waals surface area contributed by atoms with Crippen LogP contribution in [-0.4, -0.2) is 61.4 Å². The highest BCUT2D eigenvalue weighted by molar-refractivity contribution is 7.92. The van der Waals surface area contributed by atoms with Crippen LogP contribution in [0.1, 0.15) is 19.8 Å². The van der Waals surface area contributed by atoms with Crippen molar-refractivity contribution in [2.75, 3.05) is 31.7 Å². The number of rotatable bonds is 6. The molecule has 1 aliphatic rings. The third-order valence-corrected chi connectivity index (χ3v) is 7.47. The van der Waals surface area contributed by atoms with Crippen LogP contribution in [0.4, 0.5) is 0 Å². The molecule has 0 aliphatic carbocycles. The number of carbonyl (C=O) groups is 2. The van der Waals surface area contributed by atoms with E-state index in [-0.39, 0.29) is 6.54 Å². The third kappa shape index (κ3) is 5.74. The Kier molecular flexibility index (Phi) is 7.18. The van der Waals surface area contributed by atoms with E-state index in [1.807, 2.05) is 6.92 Å². The molecular weight excluding hydrogens is 438 g/mol. The molecule has 166 valence electrons. The lowest BCUT2D eigenvalue weighted by Gasteiger charge is -2.30. The first-order chi connectivity index (χ1) is 14.7. The highest BCUT2D eigenvalue weighted by Gasteiger charge is 2.27. The molecule has 1 aromatic heterocycles. The zero-order valence-electron chi connectivity index (χ0n) is 17.5. The Labute approximate surface area is 185 Å². The van der Waals surface area contributed by atoms with Crippen LogP contribution in [0.3, 0.4) is 0 Å². The standard InChI is InChI=1S/C21H25N3O5S2/c1-4-9-24-17-8-7-16(29-3)11-18(17)30-21(24)22-19(25)13-31(27,28)14-20(26)23-10-5-6-15(2)12-23/h1,7-8,11,15H,5-6,9-10,12-14H2,2-3H3. The molecule has 1 saturated heterocycles. The number of likely N-dealkylation sites (tertiary alicyclic amines) is 1. The van der Waals surface area contributed by atoms with Crippen molar-refractivity contribution < 1.29 is 22.7 Å². The van der Waals surface area contributed by atoms with Crippen LogP contribution in [-0.2, 0) is 26.0 Å². The van der Waals surface area contributed by atoms with E-state index in [1.54, 1.807) is 34.8 Å². The van der Waals surface area contributed by atoms with Crippen molar-refractivity contribution in [1.29, 1.82) is 0 Å². The van der Waals surface area contributed by atoms with E-state index < -0.39 is 33.2 Å².